The van der Waals surface area contributed by atoms with Gasteiger partial charge in [-0.25, -0.2) is 0 Å². The van der Waals surface area contributed by atoms with Gasteiger partial charge in [0.15, 0.2) is 0 Å². The quantitative estimate of drug-likeness (QED) is 0.767. The first-order chi connectivity index (χ1) is 10.1. The summed E-state index contributed by atoms with van der Waals surface area (Å²) >= 11 is 5.99. The number of nitrogens with one attached hydrogen (secondary N) is 1. The fourth-order valence-electron chi connectivity index (χ4n) is 2.90. The summed E-state index contributed by atoms with van der Waals surface area (Å²) in [5.74, 6) is 0.743. The minimum absolute atomic E-state index is 0.117. The van der Waals surface area contributed by atoms with Crippen LogP contribution in [0.4, 0.5) is 0 Å². The van der Waals surface area contributed by atoms with Crippen molar-refractivity contribution in [2.75, 3.05) is 13.2 Å². The average Bonchev–Trinajstić information content (AvgIpc) is 2.49. The highest BCUT2D eigenvalue weighted by atomic mass is 35.5. The van der Waals surface area contributed by atoms with Crippen LogP contribution in [0, 0.1) is 5.92 Å². The molecule has 0 aromatic heterocycles. The van der Waals surface area contributed by atoms with Crippen molar-refractivity contribution < 1.29 is 4.74 Å². The molecule has 118 valence electrons. The van der Waals surface area contributed by atoms with Crippen molar-refractivity contribution in [2.45, 2.75) is 58.1 Å². The van der Waals surface area contributed by atoms with Crippen LogP contribution < -0.4 is 5.32 Å². The molecule has 1 aromatic rings. The molecular weight excluding hydrogens is 282 g/mol. The van der Waals surface area contributed by atoms with Crippen molar-refractivity contribution in [1.29, 1.82) is 0 Å². The van der Waals surface area contributed by atoms with E-state index in [1.165, 1.54) is 37.7 Å². The second-order valence-electron chi connectivity index (χ2n) is 6.44. The Morgan fingerprint density at radius 2 is 1.81 bits per heavy atom. The minimum Gasteiger partial charge on any atom is -0.372 e. The van der Waals surface area contributed by atoms with Crippen LogP contribution in [0.25, 0.3) is 0 Å². The maximum absolute atomic E-state index is 6.25. The SMILES string of the molecule is CC(C)NCC(OCC1CCCCC1)c1ccc(Cl)cc1. The maximum Gasteiger partial charge on any atom is 0.0949 e. The van der Waals surface area contributed by atoms with E-state index >= 15 is 0 Å². The predicted molar refractivity (Wildman–Crippen MR) is 89.9 cm³/mol. The molecule has 1 fully saturated rings. The molecule has 0 radical (unpaired) electrons. The van der Waals surface area contributed by atoms with Gasteiger partial charge < -0.3 is 10.1 Å². The summed E-state index contributed by atoms with van der Waals surface area (Å²) in [5, 5.41) is 4.27. The molecule has 21 heavy (non-hydrogen) atoms. The van der Waals surface area contributed by atoms with Crippen molar-refractivity contribution in [2.24, 2.45) is 5.92 Å². The zero-order chi connectivity index (χ0) is 15.1. The van der Waals surface area contributed by atoms with Gasteiger partial charge in [0.25, 0.3) is 0 Å². The Labute approximate surface area is 134 Å². The van der Waals surface area contributed by atoms with E-state index in [4.69, 9.17) is 16.3 Å². The molecule has 1 aliphatic carbocycles. The van der Waals surface area contributed by atoms with E-state index in [0.717, 1.165) is 24.1 Å². The third kappa shape index (κ3) is 5.98. The molecule has 2 rings (SSSR count). The third-order valence-electron chi connectivity index (χ3n) is 4.21. The van der Waals surface area contributed by atoms with Gasteiger partial charge in [-0.2, -0.15) is 0 Å². The molecule has 2 nitrogen and oxygen atoms in total. The summed E-state index contributed by atoms with van der Waals surface area (Å²) in [6.45, 7) is 6.07. The first-order valence-electron chi connectivity index (χ1n) is 8.25. The van der Waals surface area contributed by atoms with Gasteiger partial charge in [0.2, 0.25) is 0 Å². The second kappa shape index (κ2) is 8.77. The molecule has 0 spiro atoms. The number of halogens is 1. The van der Waals surface area contributed by atoms with E-state index in [-0.39, 0.29) is 6.10 Å². The van der Waals surface area contributed by atoms with Gasteiger partial charge in [0.05, 0.1) is 12.7 Å². The van der Waals surface area contributed by atoms with E-state index in [9.17, 15) is 0 Å². The van der Waals surface area contributed by atoms with E-state index in [1.807, 2.05) is 12.1 Å². The molecule has 1 atom stereocenters. The van der Waals surface area contributed by atoms with E-state index < -0.39 is 0 Å². The van der Waals surface area contributed by atoms with E-state index in [2.05, 4.69) is 31.3 Å². The van der Waals surface area contributed by atoms with E-state index in [0.29, 0.717) is 6.04 Å². The van der Waals surface area contributed by atoms with Crippen LogP contribution in [-0.2, 0) is 4.74 Å². The van der Waals surface area contributed by atoms with Crippen molar-refractivity contribution >= 4 is 11.6 Å². The Hall–Kier alpha value is -0.570. The molecule has 0 heterocycles. The van der Waals surface area contributed by atoms with Crippen LogP contribution in [-0.4, -0.2) is 19.2 Å². The Balaban J connectivity index is 1.92. The van der Waals surface area contributed by atoms with Crippen LogP contribution in [0.15, 0.2) is 24.3 Å². The van der Waals surface area contributed by atoms with Crippen molar-refractivity contribution in [3.63, 3.8) is 0 Å². The smallest absolute Gasteiger partial charge is 0.0949 e. The lowest BCUT2D eigenvalue weighted by molar-refractivity contribution is 0.0190. The zero-order valence-electron chi connectivity index (χ0n) is 13.3. The Morgan fingerprint density at radius 3 is 2.43 bits per heavy atom. The fraction of sp³-hybridized carbons (Fsp3) is 0.667. The lowest BCUT2D eigenvalue weighted by Crippen LogP contribution is -2.30. The van der Waals surface area contributed by atoms with E-state index in [1.54, 1.807) is 0 Å². The molecular formula is C18H28ClNO. The summed E-state index contributed by atoms with van der Waals surface area (Å²) < 4.78 is 6.25. The molecule has 1 unspecified atom stereocenters. The minimum atomic E-state index is 0.117. The number of hydrogen-bond donors (Lipinski definition) is 1. The van der Waals surface area contributed by atoms with Crippen molar-refractivity contribution in [3.8, 4) is 0 Å². The number of ether oxygens (including phenoxy) is 1. The molecule has 0 amide bonds. The Morgan fingerprint density at radius 1 is 1.14 bits per heavy atom. The molecule has 0 bridgehead atoms. The number of hydrogen-bond acceptors (Lipinski definition) is 2. The molecule has 3 heteroatoms. The lowest BCUT2D eigenvalue weighted by atomic mass is 9.90. The molecule has 0 saturated heterocycles. The second-order valence-corrected chi connectivity index (χ2v) is 6.88. The summed E-state index contributed by atoms with van der Waals surface area (Å²) in [6.07, 6.45) is 6.89. The molecule has 0 aliphatic heterocycles. The van der Waals surface area contributed by atoms with Crippen LogP contribution in [0.2, 0.25) is 5.02 Å². The van der Waals surface area contributed by atoms with Gasteiger partial charge in [-0.05, 0) is 36.5 Å². The first-order valence-corrected chi connectivity index (χ1v) is 8.63. The molecule has 1 aromatic carbocycles. The topological polar surface area (TPSA) is 21.3 Å². The van der Waals surface area contributed by atoms with Crippen LogP contribution >= 0.6 is 11.6 Å². The Kier molecular flexibility index (Phi) is 7.01. The maximum atomic E-state index is 6.25. The summed E-state index contributed by atoms with van der Waals surface area (Å²) in [5.41, 5.74) is 1.21. The summed E-state index contributed by atoms with van der Waals surface area (Å²) in [6, 6.07) is 8.52. The van der Waals surface area contributed by atoms with Crippen molar-refractivity contribution in [3.05, 3.63) is 34.9 Å². The standard InChI is InChI=1S/C18H28ClNO/c1-14(2)20-12-18(16-8-10-17(19)11-9-16)21-13-15-6-4-3-5-7-15/h8-11,14-15,18,20H,3-7,12-13H2,1-2H3. The predicted octanol–water partition coefficient (Wildman–Crippen LogP) is 4.98. The van der Waals surface area contributed by atoms with Gasteiger partial charge in [0, 0.05) is 17.6 Å². The Bertz CT molecular complexity index is 398. The highest BCUT2D eigenvalue weighted by Gasteiger charge is 2.18. The third-order valence-corrected chi connectivity index (χ3v) is 4.46. The fourth-order valence-corrected chi connectivity index (χ4v) is 3.03. The summed E-state index contributed by atoms with van der Waals surface area (Å²) in [4.78, 5) is 0. The van der Waals surface area contributed by atoms with Gasteiger partial charge in [-0.3, -0.25) is 0 Å². The van der Waals surface area contributed by atoms with Gasteiger partial charge >= 0.3 is 0 Å². The van der Waals surface area contributed by atoms with Crippen LogP contribution in [0.1, 0.15) is 57.6 Å². The normalized spacial score (nSPS) is 18.1. The van der Waals surface area contributed by atoms with Gasteiger partial charge in [-0.1, -0.05) is 56.8 Å². The number of rotatable bonds is 7. The number of benzene rings is 1. The lowest BCUT2D eigenvalue weighted by Gasteiger charge is -2.26. The summed E-state index contributed by atoms with van der Waals surface area (Å²) in [7, 11) is 0. The highest BCUT2D eigenvalue weighted by Crippen LogP contribution is 2.26. The monoisotopic (exact) mass is 309 g/mol. The molecule has 1 saturated carbocycles. The highest BCUT2D eigenvalue weighted by molar-refractivity contribution is 6.30. The zero-order valence-corrected chi connectivity index (χ0v) is 14.0. The molecule has 1 aliphatic rings. The average molecular weight is 310 g/mol. The van der Waals surface area contributed by atoms with Gasteiger partial charge in [-0.15, -0.1) is 0 Å². The first kappa shape index (κ1) is 16.8. The largest absolute Gasteiger partial charge is 0.372 e. The van der Waals surface area contributed by atoms with Crippen LogP contribution in [0.5, 0.6) is 0 Å². The van der Waals surface area contributed by atoms with Crippen molar-refractivity contribution in [1.82, 2.24) is 5.32 Å². The van der Waals surface area contributed by atoms with Crippen LogP contribution in [0.3, 0.4) is 0 Å². The molecule has 1 N–H and O–H groups in total. The van der Waals surface area contributed by atoms with Gasteiger partial charge in [0.1, 0.15) is 0 Å².